The van der Waals surface area contributed by atoms with Crippen LogP contribution in [0.4, 0.5) is 10.5 Å². The molecule has 0 saturated carbocycles. The van der Waals surface area contributed by atoms with Gasteiger partial charge in [0.05, 0.1) is 16.9 Å². The highest BCUT2D eigenvalue weighted by atomic mass is 32.2. The van der Waals surface area contributed by atoms with E-state index in [2.05, 4.69) is 15.4 Å². The quantitative estimate of drug-likeness (QED) is 0.0451. The predicted molar refractivity (Wildman–Crippen MR) is 199 cm³/mol. The molecule has 0 spiro atoms. The molecule has 4 aromatic carbocycles. The lowest BCUT2D eigenvalue weighted by Crippen LogP contribution is -2.49. The van der Waals surface area contributed by atoms with Crippen LogP contribution in [0.1, 0.15) is 49.7 Å². The lowest BCUT2D eigenvalue weighted by atomic mass is 10.0. The zero-order chi connectivity index (χ0) is 38.1. The smallest absolute Gasteiger partial charge is 0.407 e. The summed E-state index contributed by atoms with van der Waals surface area (Å²) in [6.45, 7) is 0.222. The number of hydrogen-bond acceptors (Lipinski definition) is 9. The minimum absolute atomic E-state index is 0.0292. The molecule has 53 heavy (non-hydrogen) atoms. The molecule has 0 aliphatic carbocycles. The van der Waals surface area contributed by atoms with Crippen LogP contribution in [0.3, 0.4) is 0 Å². The van der Waals surface area contributed by atoms with E-state index in [-0.39, 0.29) is 62.1 Å². The number of carbonyl (C=O) groups is 3. The van der Waals surface area contributed by atoms with Crippen LogP contribution in [0.2, 0.25) is 0 Å². The summed E-state index contributed by atoms with van der Waals surface area (Å²) in [7, 11) is -3.09. The molecule has 0 fully saturated rings. The number of unbranched alkanes of at least 4 members (excludes halogenated alkanes) is 2. The van der Waals surface area contributed by atoms with Gasteiger partial charge in [0, 0.05) is 38.2 Å². The summed E-state index contributed by atoms with van der Waals surface area (Å²) in [5.74, 6) is -0.869. The molecule has 0 saturated heterocycles. The van der Waals surface area contributed by atoms with E-state index in [0.717, 1.165) is 45.3 Å². The molecule has 280 valence electrons. The first-order chi connectivity index (χ1) is 25.6. The van der Waals surface area contributed by atoms with Gasteiger partial charge in [0.15, 0.2) is 0 Å². The average Bonchev–Trinajstić information content (AvgIpc) is 3.18. The number of nitrogens with zero attached hydrogens (tertiary/aromatic N) is 2. The van der Waals surface area contributed by atoms with Crippen LogP contribution in [0, 0.1) is 10.1 Å². The molecule has 13 nitrogen and oxygen atoms in total. The Bertz CT molecular complexity index is 1890. The standard InChI is InChI=1S/C39H44N4O9S/c1-51-37(44)17-9-4-10-26-40-38(45)36(16-11-27-41-39(46)52-29-31-12-5-2-6-13-31)42(53(49,50)35-24-22-34(23-25-35)43(47)48)28-30-18-20-33(21-19-30)32-14-7-3-8-15-32/h2-3,5-8,12-15,18-25,36H,4,9-11,16-17,26-29H2,1H3,(H,40,45)(H,41,46)/t36-/m0/s1. The van der Waals surface area contributed by atoms with Crippen LogP contribution in [0.15, 0.2) is 114 Å². The number of esters is 1. The van der Waals surface area contributed by atoms with E-state index in [0.29, 0.717) is 24.8 Å². The van der Waals surface area contributed by atoms with Crippen LogP contribution in [0.5, 0.6) is 0 Å². The van der Waals surface area contributed by atoms with Crippen molar-refractivity contribution in [3.8, 4) is 11.1 Å². The number of nitro groups is 1. The summed E-state index contributed by atoms with van der Waals surface area (Å²) in [4.78, 5) is 48.3. The fourth-order valence-corrected chi connectivity index (χ4v) is 7.13. The number of alkyl carbamates (subject to hydrolysis) is 1. The van der Waals surface area contributed by atoms with Crippen molar-refractivity contribution >= 4 is 33.7 Å². The molecule has 0 aliphatic heterocycles. The zero-order valence-corrected chi connectivity index (χ0v) is 30.3. The average molecular weight is 745 g/mol. The van der Waals surface area contributed by atoms with E-state index in [9.17, 15) is 32.9 Å². The summed E-state index contributed by atoms with van der Waals surface area (Å²) in [5.41, 5.74) is 3.05. The van der Waals surface area contributed by atoms with Gasteiger partial charge in [-0.15, -0.1) is 0 Å². The highest BCUT2D eigenvalue weighted by molar-refractivity contribution is 7.89. The molecule has 0 heterocycles. The van der Waals surface area contributed by atoms with Crippen molar-refractivity contribution in [2.45, 2.75) is 62.6 Å². The Balaban J connectivity index is 1.56. The van der Waals surface area contributed by atoms with E-state index in [1.807, 2.05) is 72.8 Å². The molecule has 0 radical (unpaired) electrons. The molecule has 0 aliphatic rings. The highest BCUT2D eigenvalue weighted by Gasteiger charge is 2.36. The monoisotopic (exact) mass is 744 g/mol. The fraction of sp³-hybridized carbons (Fsp3) is 0.308. The lowest BCUT2D eigenvalue weighted by molar-refractivity contribution is -0.384. The van der Waals surface area contributed by atoms with E-state index in [4.69, 9.17) is 4.74 Å². The number of carbonyl (C=O) groups excluding carboxylic acids is 3. The van der Waals surface area contributed by atoms with Crippen molar-refractivity contribution in [1.29, 1.82) is 0 Å². The number of ether oxygens (including phenoxy) is 2. The molecule has 0 unspecified atom stereocenters. The van der Waals surface area contributed by atoms with Crippen molar-refractivity contribution in [3.05, 3.63) is 130 Å². The maximum atomic E-state index is 14.4. The fourth-order valence-electron chi connectivity index (χ4n) is 5.52. The van der Waals surface area contributed by atoms with Gasteiger partial charge in [0.1, 0.15) is 12.6 Å². The Hall–Kier alpha value is -5.60. The summed E-state index contributed by atoms with van der Waals surface area (Å²) in [6.07, 6.45) is 1.58. The first-order valence-corrected chi connectivity index (χ1v) is 18.7. The van der Waals surface area contributed by atoms with Crippen molar-refractivity contribution in [3.63, 3.8) is 0 Å². The number of amides is 2. The Morgan fingerprint density at radius 2 is 1.38 bits per heavy atom. The zero-order valence-electron chi connectivity index (χ0n) is 29.5. The van der Waals surface area contributed by atoms with Crippen molar-refractivity contribution in [2.75, 3.05) is 20.2 Å². The number of methoxy groups -OCH3 is 1. The van der Waals surface area contributed by atoms with Crippen molar-refractivity contribution in [2.24, 2.45) is 0 Å². The number of nitro benzene ring substituents is 1. The summed E-state index contributed by atoms with van der Waals surface area (Å²) in [6, 6.07) is 29.5. The molecule has 1 atom stereocenters. The first kappa shape index (κ1) is 40.2. The van der Waals surface area contributed by atoms with Gasteiger partial charge in [-0.3, -0.25) is 19.7 Å². The number of sulfonamides is 1. The Labute approximate surface area is 309 Å². The van der Waals surface area contributed by atoms with Crippen LogP contribution in [0.25, 0.3) is 11.1 Å². The largest absolute Gasteiger partial charge is 0.469 e. The summed E-state index contributed by atoms with van der Waals surface area (Å²) < 4.78 is 39.8. The molecule has 4 rings (SSSR count). The molecule has 0 aromatic heterocycles. The van der Waals surface area contributed by atoms with E-state index in [1.165, 1.54) is 7.11 Å². The summed E-state index contributed by atoms with van der Waals surface area (Å²) >= 11 is 0. The maximum Gasteiger partial charge on any atom is 0.407 e. The lowest BCUT2D eigenvalue weighted by Gasteiger charge is -2.30. The third kappa shape index (κ3) is 12.5. The second-order valence-corrected chi connectivity index (χ2v) is 14.1. The highest BCUT2D eigenvalue weighted by Crippen LogP contribution is 2.27. The minimum atomic E-state index is -4.41. The maximum absolute atomic E-state index is 14.4. The van der Waals surface area contributed by atoms with Gasteiger partial charge in [-0.1, -0.05) is 91.3 Å². The van der Waals surface area contributed by atoms with Gasteiger partial charge in [0.25, 0.3) is 5.69 Å². The molecule has 2 amide bonds. The molecular weight excluding hydrogens is 701 g/mol. The minimum Gasteiger partial charge on any atom is -0.469 e. The number of hydrogen-bond donors (Lipinski definition) is 2. The van der Waals surface area contributed by atoms with Crippen molar-refractivity contribution < 1.29 is 37.2 Å². The number of rotatable bonds is 20. The van der Waals surface area contributed by atoms with Crippen LogP contribution >= 0.6 is 0 Å². The summed E-state index contributed by atoms with van der Waals surface area (Å²) in [5, 5.41) is 16.8. The number of benzene rings is 4. The molecular formula is C39H44N4O9S. The SMILES string of the molecule is COC(=O)CCCCCNC(=O)[C@H](CCCNC(=O)OCc1ccccc1)N(Cc1ccc(-c2ccccc2)cc1)S(=O)(=O)c1ccc([N+](=O)[O-])cc1. The molecule has 14 heteroatoms. The van der Waals surface area contributed by atoms with Gasteiger partial charge in [-0.2, -0.15) is 4.31 Å². The molecule has 4 aromatic rings. The second kappa shape index (κ2) is 20.4. The van der Waals surface area contributed by atoms with Gasteiger partial charge >= 0.3 is 12.1 Å². The Kier molecular flexibility index (Phi) is 15.5. The molecule has 2 N–H and O–H groups in total. The van der Waals surface area contributed by atoms with Gasteiger partial charge in [-0.05, 0) is 60.1 Å². The van der Waals surface area contributed by atoms with Gasteiger partial charge in [-0.25, -0.2) is 13.2 Å². The normalized spacial score (nSPS) is 11.7. The number of nitrogens with one attached hydrogen (secondary N) is 2. The van der Waals surface area contributed by atoms with Crippen LogP contribution in [-0.2, 0) is 42.2 Å². The van der Waals surface area contributed by atoms with Gasteiger partial charge < -0.3 is 20.1 Å². The predicted octanol–water partition coefficient (Wildman–Crippen LogP) is 6.38. The second-order valence-electron chi connectivity index (χ2n) is 12.2. The Morgan fingerprint density at radius 3 is 2.02 bits per heavy atom. The van der Waals surface area contributed by atoms with E-state index < -0.39 is 33.0 Å². The molecule has 0 bridgehead atoms. The van der Waals surface area contributed by atoms with Gasteiger partial charge in [0.2, 0.25) is 15.9 Å². The van der Waals surface area contributed by atoms with Crippen LogP contribution < -0.4 is 10.6 Å². The first-order valence-electron chi connectivity index (χ1n) is 17.3. The third-order valence-electron chi connectivity index (χ3n) is 8.42. The van der Waals surface area contributed by atoms with E-state index >= 15 is 0 Å². The topological polar surface area (TPSA) is 174 Å². The Morgan fingerprint density at radius 1 is 0.755 bits per heavy atom. The number of non-ortho nitro benzene ring substituents is 1. The van der Waals surface area contributed by atoms with Crippen molar-refractivity contribution in [1.82, 2.24) is 14.9 Å². The van der Waals surface area contributed by atoms with E-state index in [1.54, 1.807) is 12.1 Å². The third-order valence-corrected chi connectivity index (χ3v) is 10.3. The van der Waals surface area contributed by atoms with Crippen LogP contribution in [-0.4, -0.2) is 61.9 Å².